The maximum Gasteiger partial charge on any atom is 0.137 e. The van der Waals surface area contributed by atoms with Crippen LogP contribution in [0.4, 0.5) is 0 Å². The van der Waals surface area contributed by atoms with E-state index in [9.17, 15) is 0 Å². The first-order valence-corrected chi connectivity index (χ1v) is 8.15. The van der Waals surface area contributed by atoms with E-state index in [0.717, 1.165) is 23.0 Å². The zero-order chi connectivity index (χ0) is 15.2. The van der Waals surface area contributed by atoms with E-state index in [4.69, 9.17) is 16.3 Å². The molecule has 0 aliphatic heterocycles. The number of nitrogens with one attached hydrogen (secondary N) is 1. The van der Waals surface area contributed by atoms with E-state index >= 15 is 0 Å². The smallest absolute Gasteiger partial charge is 0.137 e. The van der Waals surface area contributed by atoms with Crippen LogP contribution in [0.2, 0.25) is 5.02 Å². The molecule has 2 aromatic rings. The number of ether oxygens (including phenoxy) is 1. The van der Waals surface area contributed by atoms with Crippen molar-refractivity contribution in [2.75, 3.05) is 13.7 Å². The fourth-order valence-electron chi connectivity index (χ4n) is 2.27. The second-order valence-electron chi connectivity index (χ2n) is 4.80. The molecular weight excluding hydrogens is 350 g/mol. The molecule has 2 rings (SSSR count). The Morgan fingerprint density at radius 1 is 1.24 bits per heavy atom. The van der Waals surface area contributed by atoms with Crippen molar-refractivity contribution in [1.29, 1.82) is 0 Å². The summed E-state index contributed by atoms with van der Waals surface area (Å²) < 4.78 is 6.32. The highest BCUT2D eigenvalue weighted by molar-refractivity contribution is 9.10. The minimum atomic E-state index is 0.101. The molecule has 0 amide bonds. The largest absolute Gasteiger partial charge is 0.495 e. The van der Waals surface area contributed by atoms with Crippen molar-refractivity contribution >= 4 is 27.5 Å². The molecule has 2 aromatic carbocycles. The maximum absolute atomic E-state index is 6.27. The summed E-state index contributed by atoms with van der Waals surface area (Å²) in [6.45, 7) is 3.10. The van der Waals surface area contributed by atoms with Gasteiger partial charge in [0.1, 0.15) is 5.75 Å². The number of hydrogen-bond acceptors (Lipinski definition) is 2. The molecule has 0 radical (unpaired) electrons. The van der Waals surface area contributed by atoms with Gasteiger partial charge in [0.15, 0.2) is 0 Å². The quantitative estimate of drug-likeness (QED) is 0.756. The van der Waals surface area contributed by atoms with Gasteiger partial charge in [0.25, 0.3) is 0 Å². The summed E-state index contributed by atoms with van der Waals surface area (Å²) in [5.74, 6) is 0.696. The Hall–Kier alpha value is -1.03. The van der Waals surface area contributed by atoms with Crippen molar-refractivity contribution in [2.24, 2.45) is 0 Å². The van der Waals surface area contributed by atoms with E-state index in [2.05, 4.69) is 46.4 Å². The SMILES string of the molecule is CCCNC(c1ccc(OC)c(Cl)c1)c1ccccc1Br. The lowest BCUT2D eigenvalue weighted by atomic mass is 9.98. The van der Waals surface area contributed by atoms with Crippen LogP contribution in [0, 0.1) is 0 Å². The summed E-state index contributed by atoms with van der Waals surface area (Å²) in [6, 6.07) is 14.3. The molecule has 112 valence electrons. The molecule has 0 bridgehead atoms. The highest BCUT2D eigenvalue weighted by atomic mass is 79.9. The van der Waals surface area contributed by atoms with Gasteiger partial charge >= 0.3 is 0 Å². The van der Waals surface area contributed by atoms with Crippen LogP contribution in [-0.2, 0) is 0 Å². The zero-order valence-electron chi connectivity index (χ0n) is 12.2. The summed E-state index contributed by atoms with van der Waals surface area (Å²) in [5, 5.41) is 4.21. The Bertz CT molecular complexity index is 603. The van der Waals surface area contributed by atoms with Crippen molar-refractivity contribution < 1.29 is 4.74 Å². The number of methoxy groups -OCH3 is 1. The van der Waals surface area contributed by atoms with Gasteiger partial charge < -0.3 is 10.1 Å². The monoisotopic (exact) mass is 367 g/mol. The Kier molecular flexibility index (Phi) is 6.09. The van der Waals surface area contributed by atoms with Gasteiger partial charge in [-0.15, -0.1) is 0 Å². The van der Waals surface area contributed by atoms with Crippen LogP contribution in [0.3, 0.4) is 0 Å². The average molecular weight is 369 g/mol. The van der Waals surface area contributed by atoms with E-state index in [1.165, 1.54) is 5.56 Å². The molecule has 2 nitrogen and oxygen atoms in total. The van der Waals surface area contributed by atoms with Crippen LogP contribution in [0.5, 0.6) is 5.75 Å². The molecule has 1 N–H and O–H groups in total. The van der Waals surface area contributed by atoms with Crippen LogP contribution in [-0.4, -0.2) is 13.7 Å². The van der Waals surface area contributed by atoms with Gasteiger partial charge in [0.05, 0.1) is 18.2 Å². The van der Waals surface area contributed by atoms with Gasteiger partial charge in [-0.3, -0.25) is 0 Å². The summed E-state index contributed by atoms with van der Waals surface area (Å²) in [7, 11) is 1.63. The Balaban J connectivity index is 2.40. The van der Waals surface area contributed by atoms with E-state index in [0.29, 0.717) is 10.8 Å². The topological polar surface area (TPSA) is 21.3 Å². The molecule has 0 saturated heterocycles. The third-order valence-electron chi connectivity index (χ3n) is 3.32. The minimum Gasteiger partial charge on any atom is -0.495 e. The summed E-state index contributed by atoms with van der Waals surface area (Å²) >= 11 is 9.91. The molecule has 0 heterocycles. The van der Waals surface area contributed by atoms with E-state index in [1.807, 2.05) is 24.3 Å². The Morgan fingerprint density at radius 2 is 2.00 bits per heavy atom. The lowest BCUT2D eigenvalue weighted by molar-refractivity contribution is 0.414. The lowest BCUT2D eigenvalue weighted by Gasteiger charge is -2.21. The van der Waals surface area contributed by atoms with Crippen LogP contribution in [0.15, 0.2) is 46.9 Å². The standard InChI is InChI=1S/C17H19BrClNO/c1-3-10-20-17(13-6-4-5-7-14(13)18)12-8-9-16(21-2)15(19)11-12/h4-9,11,17,20H,3,10H2,1-2H3. The molecule has 0 aliphatic carbocycles. The molecular formula is C17H19BrClNO. The highest BCUT2D eigenvalue weighted by Crippen LogP contribution is 2.33. The maximum atomic E-state index is 6.27. The first-order valence-electron chi connectivity index (χ1n) is 6.98. The van der Waals surface area contributed by atoms with E-state index in [1.54, 1.807) is 7.11 Å². The Morgan fingerprint density at radius 3 is 2.62 bits per heavy atom. The molecule has 0 aromatic heterocycles. The van der Waals surface area contributed by atoms with Crippen LogP contribution < -0.4 is 10.1 Å². The average Bonchev–Trinajstić information content (AvgIpc) is 2.49. The molecule has 0 saturated carbocycles. The molecule has 4 heteroatoms. The van der Waals surface area contributed by atoms with E-state index in [-0.39, 0.29) is 6.04 Å². The predicted molar refractivity (Wildman–Crippen MR) is 92.3 cm³/mol. The van der Waals surface area contributed by atoms with Gasteiger partial charge in [-0.25, -0.2) is 0 Å². The molecule has 0 fully saturated rings. The minimum absolute atomic E-state index is 0.101. The van der Waals surface area contributed by atoms with Crippen molar-refractivity contribution in [1.82, 2.24) is 5.32 Å². The first kappa shape index (κ1) is 16.3. The zero-order valence-corrected chi connectivity index (χ0v) is 14.5. The third-order valence-corrected chi connectivity index (χ3v) is 4.34. The predicted octanol–water partition coefficient (Wildman–Crippen LogP) is 5.20. The van der Waals surface area contributed by atoms with Gasteiger partial charge in [-0.05, 0) is 42.3 Å². The normalized spacial score (nSPS) is 12.2. The first-order chi connectivity index (χ1) is 10.2. The van der Waals surface area contributed by atoms with Crippen molar-refractivity contribution in [3.8, 4) is 5.75 Å². The molecule has 0 spiro atoms. The molecule has 21 heavy (non-hydrogen) atoms. The number of rotatable bonds is 6. The number of halogens is 2. The molecule has 0 aliphatic rings. The Labute approximate surface area is 139 Å². The fourth-order valence-corrected chi connectivity index (χ4v) is 3.05. The van der Waals surface area contributed by atoms with Crippen molar-refractivity contribution in [2.45, 2.75) is 19.4 Å². The number of benzene rings is 2. The van der Waals surface area contributed by atoms with Crippen LogP contribution in [0.1, 0.15) is 30.5 Å². The second-order valence-corrected chi connectivity index (χ2v) is 6.06. The third kappa shape index (κ3) is 4.00. The molecule has 1 unspecified atom stereocenters. The number of hydrogen-bond donors (Lipinski definition) is 1. The van der Waals surface area contributed by atoms with E-state index < -0.39 is 0 Å². The second kappa shape index (κ2) is 7.83. The van der Waals surface area contributed by atoms with Gasteiger partial charge in [0.2, 0.25) is 0 Å². The van der Waals surface area contributed by atoms with Crippen LogP contribution in [0.25, 0.3) is 0 Å². The van der Waals surface area contributed by atoms with Gasteiger partial charge in [0, 0.05) is 4.47 Å². The van der Waals surface area contributed by atoms with Crippen molar-refractivity contribution in [3.05, 3.63) is 63.1 Å². The lowest BCUT2D eigenvalue weighted by Crippen LogP contribution is -2.23. The summed E-state index contributed by atoms with van der Waals surface area (Å²) in [5.41, 5.74) is 2.33. The summed E-state index contributed by atoms with van der Waals surface area (Å²) in [6.07, 6.45) is 1.07. The highest BCUT2D eigenvalue weighted by Gasteiger charge is 2.17. The molecule has 1 atom stereocenters. The van der Waals surface area contributed by atoms with Crippen LogP contribution >= 0.6 is 27.5 Å². The fraction of sp³-hybridized carbons (Fsp3) is 0.294. The van der Waals surface area contributed by atoms with Gasteiger partial charge in [-0.1, -0.05) is 58.7 Å². The van der Waals surface area contributed by atoms with Gasteiger partial charge in [-0.2, -0.15) is 0 Å². The summed E-state index contributed by atoms with van der Waals surface area (Å²) in [4.78, 5) is 0. The van der Waals surface area contributed by atoms with Crippen molar-refractivity contribution in [3.63, 3.8) is 0 Å².